The number of sulfonamides is 1. The van der Waals surface area contributed by atoms with Crippen molar-refractivity contribution >= 4 is 15.8 Å². The van der Waals surface area contributed by atoms with Gasteiger partial charge in [-0.25, -0.2) is 13.1 Å². The van der Waals surface area contributed by atoms with Gasteiger partial charge in [-0.1, -0.05) is 13.8 Å². The molecule has 0 bridgehead atoms. The van der Waals surface area contributed by atoms with Gasteiger partial charge < -0.3 is 10.8 Å². The summed E-state index contributed by atoms with van der Waals surface area (Å²) < 4.78 is 28.2. The van der Waals surface area contributed by atoms with Crippen LogP contribution >= 0.6 is 0 Å². The van der Waals surface area contributed by atoms with Crippen molar-refractivity contribution in [2.75, 3.05) is 18.9 Å². The highest BCUT2D eigenvalue weighted by atomic mass is 32.2. The van der Waals surface area contributed by atoms with Gasteiger partial charge >= 0.3 is 0 Å². The Hall–Kier alpha value is -1.12. The molecule has 1 aromatic rings. The predicted molar refractivity (Wildman–Crippen MR) is 77.6 cm³/mol. The fraction of sp³-hybridized carbons (Fsp3) is 0.750. The summed E-state index contributed by atoms with van der Waals surface area (Å²) in [5.41, 5.74) is 5.65. The minimum Gasteiger partial charge on any atom is -0.396 e. The first-order chi connectivity index (χ1) is 9.40. The van der Waals surface area contributed by atoms with Crippen molar-refractivity contribution in [3.05, 3.63) is 6.20 Å². The van der Waals surface area contributed by atoms with E-state index in [9.17, 15) is 8.42 Å². The smallest absolute Gasteiger partial charge is 0.245 e. The van der Waals surface area contributed by atoms with Gasteiger partial charge in [0.2, 0.25) is 10.0 Å². The standard InChI is InChI=1S/C12H24N4O3S/c1-3-7-16-8-11(12(13)15-16)20(18,19)14-6-4-5-10(2)9-17/h8,10,14,17H,3-7,9H2,1-2H3,(H2,13,15). The fourth-order valence-corrected chi connectivity index (χ4v) is 2.94. The molecule has 0 saturated carbocycles. The van der Waals surface area contributed by atoms with E-state index in [1.807, 2.05) is 13.8 Å². The number of nitrogens with two attached hydrogens (primary N) is 1. The van der Waals surface area contributed by atoms with Crippen LogP contribution in [0, 0.1) is 5.92 Å². The summed E-state index contributed by atoms with van der Waals surface area (Å²) in [7, 11) is -3.61. The Bertz CT molecular complexity index is 513. The third kappa shape index (κ3) is 4.77. The van der Waals surface area contributed by atoms with Crippen LogP contribution in [0.1, 0.15) is 33.1 Å². The van der Waals surface area contributed by atoms with E-state index in [1.54, 1.807) is 0 Å². The lowest BCUT2D eigenvalue weighted by molar-refractivity contribution is 0.228. The second-order valence-corrected chi connectivity index (χ2v) is 6.70. The maximum Gasteiger partial charge on any atom is 0.245 e. The largest absolute Gasteiger partial charge is 0.396 e. The van der Waals surface area contributed by atoms with Crippen LogP contribution in [-0.2, 0) is 16.6 Å². The van der Waals surface area contributed by atoms with Crippen LogP contribution in [0.2, 0.25) is 0 Å². The number of aliphatic hydroxyl groups excluding tert-OH is 1. The summed E-state index contributed by atoms with van der Waals surface area (Å²) in [6.45, 7) is 4.97. The first-order valence-electron chi connectivity index (χ1n) is 6.84. The topological polar surface area (TPSA) is 110 Å². The summed E-state index contributed by atoms with van der Waals surface area (Å²) in [4.78, 5) is 0.0288. The average Bonchev–Trinajstić information content (AvgIpc) is 2.76. The number of nitrogens with zero attached hydrogens (tertiary/aromatic N) is 2. The van der Waals surface area contributed by atoms with Crippen LogP contribution in [0.3, 0.4) is 0 Å². The Balaban J connectivity index is 2.60. The summed E-state index contributed by atoms with van der Waals surface area (Å²) in [5.74, 6) is 0.201. The molecule has 1 rings (SSSR count). The molecule has 1 aromatic heterocycles. The lowest BCUT2D eigenvalue weighted by Crippen LogP contribution is -2.25. The minimum absolute atomic E-state index is 0.0228. The molecule has 7 nitrogen and oxygen atoms in total. The highest BCUT2D eigenvalue weighted by molar-refractivity contribution is 7.89. The Morgan fingerprint density at radius 1 is 1.55 bits per heavy atom. The molecule has 1 unspecified atom stereocenters. The molecule has 0 amide bonds. The van der Waals surface area contributed by atoms with Gasteiger partial charge in [-0.2, -0.15) is 5.10 Å². The van der Waals surface area contributed by atoms with Crippen LogP contribution in [0.15, 0.2) is 11.1 Å². The van der Waals surface area contributed by atoms with Crippen molar-refractivity contribution in [1.82, 2.24) is 14.5 Å². The second-order valence-electron chi connectivity index (χ2n) is 4.97. The van der Waals surface area contributed by atoms with Gasteiger partial charge in [0.15, 0.2) is 5.82 Å². The van der Waals surface area contributed by atoms with Crippen molar-refractivity contribution in [2.45, 2.75) is 44.6 Å². The van der Waals surface area contributed by atoms with E-state index in [2.05, 4.69) is 9.82 Å². The lowest BCUT2D eigenvalue weighted by Gasteiger charge is -2.08. The van der Waals surface area contributed by atoms with E-state index in [1.165, 1.54) is 10.9 Å². The minimum atomic E-state index is -3.61. The van der Waals surface area contributed by atoms with Crippen molar-refractivity contribution in [2.24, 2.45) is 5.92 Å². The van der Waals surface area contributed by atoms with Gasteiger partial charge in [-0.15, -0.1) is 0 Å². The van der Waals surface area contributed by atoms with Crippen molar-refractivity contribution < 1.29 is 13.5 Å². The van der Waals surface area contributed by atoms with Gasteiger partial charge in [0.1, 0.15) is 4.90 Å². The molecular weight excluding hydrogens is 280 g/mol. The van der Waals surface area contributed by atoms with Crippen molar-refractivity contribution in [3.63, 3.8) is 0 Å². The molecule has 0 aliphatic heterocycles. The van der Waals surface area contributed by atoms with E-state index >= 15 is 0 Å². The van der Waals surface area contributed by atoms with Gasteiger partial charge in [-0.3, -0.25) is 4.68 Å². The molecule has 0 aliphatic carbocycles. The average molecular weight is 304 g/mol. The molecule has 4 N–H and O–H groups in total. The Morgan fingerprint density at radius 3 is 2.85 bits per heavy atom. The van der Waals surface area contributed by atoms with E-state index < -0.39 is 10.0 Å². The lowest BCUT2D eigenvalue weighted by atomic mass is 10.1. The summed E-state index contributed by atoms with van der Waals surface area (Å²) in [5, 5.41) is 12.9. The number of anilines is 1. The predicted octanol–water partition coefficient (Wildman–Crippen LogP) is 0.562. The monoisotopic (exact) mass is 304 g/mol. The molecule has 0 saturated heterocycles. The zero-order chi connectivity index (χ0) is 15.2. The van der Waals surface area contributed by atoms with Gasteiger partial charge in [0.25, 0.3) is 0 Å². The first-order valence-corrected chi connectivity index (χ1v) is 8.32. The number of aliphatic hydroxyl groups is 1. The van der Waals surface area contributed by atoms with Crippen molar-refractivity contribution in [3.8, 4) is 0 Å². The van der Waals surface area contributed by atoms with Crippen LogP contribution < -0.4 is 10.5 Å². The van der Waals surface area contributed by atoms with Gasteiger partial charge in [0.05, 0.1) is 0 Å². The van der Waals surface area contributed by atoms with E-state index in [0.717, 1.165) is 12.8 Å². The van der Waals surface area contributed by atoms with Crippen LogP contribution in [0.25, 0.3) is 0 Å². The highest BCUT2D eigenvalue weighted by Gasteiger charge is 2.20. The quantitative estimate of drug-likeness (QED) is 0.577. The normalized spacial score (nSPS) is 13.6. The van der Waals surface area contributed by atoms with Crippen LogP contribution in [-0.4, -0.2) is 36.5 Å². The molecule has 0 radical (unpaired) electrons. The number of hydrogen-bond acceptors (Lipinski definition) is 5. The van der Waals surface area contributed by atoms with Crippen LogP contribution in [0.4, 0.5) is 5.82 Å². The summed E-state index contributed by atoms with van der Waals surface area (Å²) in [6, 6.07) is 0. The van der Waals surface area contributed by atoms with E-state index in [0.29, 0.717) is 19.5 Å². The third-order valence-electron chi connectivity index (χ3n) is 2.97. The fourth-order valence-electron chi connectivity index (χ4n) is 1.79. The van der Waals surface area contributed by atoms with Gasteiger partial charge in [-0.05, 0) is 25.2 Å². The number of aromatic nitrogens is 2. The van der Waals surface area contributed by atoms with E-state index in [-0.39, 0.29) is 23.2 Å². The maximum atomic E-state index is 12.1. The number of aryl methyl sites for hydroxylation is 1. The summed E-state index contributed by atoms with van der Waals surface area (Å²) in [6.07, 6.45) is 3.75. The Morgan fingerprint density at radius 2 is 2.25 bits per heavy atom. The summed E-state index contributed by atoms with van der Waals surface area (Å²) >= 11 is 0. The number of nitrogens with one attached hydrogen (secondary N) is 1. The van der Waals surface area contributed by atoms with Crippen molar-refractivity contribution in [1.29, 1.82) is 0 Å². The molecule has 1 heterocycles. The molecule has 116 valence electrons. The molecule has 0 aliphatic rings. The maximum absolute atomic E-state index is 12.1. The molecule has 0 aromatic carbocycles. The highest BCUT2D eigenvalue weighted by Crippen LogP contribution is 2.16. The van der Waals surface area contributed by atoms with E-state index in [4.69, 9.17) is 10.8 Å². The van der Waals surface area contributed by atoms with Crippen LogP contribution in [0.5, 0.6) is 0 Å². The Kier molecular flexibility index (Phi) is 6.44. The molecule has 1 atom stereocenters. The molecule has 0 spiro atoms. The SMILES string of the molecule is CCCn1cc(S(=O)(=O)NCCCC(C)CO)c(N)n1. The third-order valence-corrected chi connectivity index (χ3v) is 4.45. The zero-order valence-corrected chi connectivity index (χ0v) is 12.9. The first kappa shape index (κ1) is 16.9. The number of hydrogen-bond donors (Lipinski definition) is 3. The molecule has 0 fully saturated rings. The second kappa shape index (κ2) is 7.61. The molecule has 8 heteroatoms. The number of nitrogen functional groups attached to an aromatic ring is 1. The number of rotatable bonds is 9. The molecule has 20 heavy (non-hydrogen) atoms. The van der Waals surface area contributed by atoms with Gasteiger partial charge in [0, 0.05) is 25.9 Å². The zero-order valence-electron chi connectivity index (χ0n) is 12.0. The Labute approximate surface area is 120 Å². The molecular formula is C12H24N4O3S.